The fraction of sp³-hybridized carbons (Fsp3) is 0.350. The summed E-state index contributed by atoms with van der Waals surface area (Å²) < 4.78 is 10.2. The van der Waals surface area contributed by atoms with E-state index in [2.05, 4.69) is 9.88 Å². The van der Waals surface area contributed by atoms with Crippen LogP contribution >= 0.6 is 12.2 Å². The Bertz CT molecular complexity index is 943. The zero-order chi connectivity index (χ0) is 18.6. The summed E-state index contributed by atoms with van der Waals surface area (Å²) in [5.74, 6) is 1.67. The van der Waals surface area contributed by atoms with Crippen molar-refractivity contribution in [1.82, 2.24) is 24.2 Å². The molecule has 0 saturated carbocycles. The molecule has 1 saturated heterocycles. The summed E-state index contributed by atoms with van der Waals surface area (Å²) in [6.07, 6.45) is 6.04. The van der Waals surface area contributed by atoms with Gasteiger partial charge in [-0.2, -0.15) is 0 Å². The normalized spacial score (nSPS) is 14.6. The number of likely N-dealkylation sites (tertiary alicyclic amines) is 1. The minimum Gasteiger partial charge on any atom is -0.494 e. The molecule has 0 radical (unpaired) electrons. The smallest absolute Gasteiger partial charge is 0.204 e. The van der Waals surface area contributed by atoms with Crippen LogP contribution in [0.1, 0.15) is 19.8 Å². The molecule has 7 heteroatoms. The molecule has 2 aromatic heterocycles. The maximum Gasteiger partial charge on any atom is 0.204 e. The third-order valence-electron chi connectivity index (χ3n) is 4.72. The molecule has 3 heterocycles. The number of nitrogens with zero attached hydrogens (tertiary/aromatic N) is 5. The Hall–Kier alpha value is -2.51. The van der Waals surface area contributed by atoms with Crippen molar-refractivity contribution in [1.29, 1.82) is 0 Å². The van der Waals surface area contributed by atoms with Crippen molar-refractivity contribution in [2.24, 2.45) is 0 Å². The fourth-order valence-corrected chi connectivity index (χ4v) is 3.68. The van der Waals surface area contributed by atoms with Crippen molar-refractivity contribution < 1.29 is 4.74 Å². The monoisotopic (exact) mass is 381 g/mol. The van der Waals surface area contributed by atoms with E-state index in [1.165, 1.54) is 12.8 Å². The highest BCUT2D eigenvalue weighted by Crippen LogP contribution is 2.24. The molecule has 0 unspecified atom stereocenters. The van der Waals surface area contributed by atoms with Crippen LogP contribution in [0.3, 0.4) is 0 Å². The number of benzene rings is 1. The van der Waals surface area contributed by atoms with Crippen molar-refractivity contribution in [3.63, 3.8) is 0 Å². The van der Waals surface area contributed by atoms with E-state index in [-0.39, 0.29) is 0 Å². The zero-order valence-corrected chi connectivity index (χ0v) is 16.2. The Labute approximate surface area is 164 Å². The summed E-state index contributed by atoms with van der Waals surface area (Å²) in [4.78, 5) is 6.51. The zero-order valence-electron chi connectivity index (χ0n) is 15.4. The Balaban J connectivity index is 1.77. The van der Waals surface area contributed by atoms with Crippen molar-refractivity contribution >= 4 is 12.2 Å². The van der Waals surface area contributed by atoms with E-state index in [0.717, 1.165) is 42.6 Å². The topological polar surface area (TPSA) is 48.1 Å². The highest BCUT2D eigenvalue weighted by molar-refractivity contribution is 7.71. The molecular weight excluding hydrogens is 358 g/mol. The molecule has 0 amide bonds. The Morgan fingerprint density at radius 3 is 2.41 bits per heavy atom. The molecule has 0 N–H and O–H groups in total. The third kappa shape index (κ3) is 3.79. The molecular formula is C20H23N5OS. The average Bonchev–Trinajstić information content (AvgIpc) is 3.32. The van der Waals surface area contributed by atoms with Gasteiger partial charge in [-0.05, 0) is 81.5 Å². The van der Waals surface area contributed by atoms with E-state index < -0.39 is 0 Å². The standard InChI is InChI=1S/C20H23N5OS/c1-2-26-18-7-5-17(6-8-18)25-19(16-9-11-21-12-10-16)22-24(20(25)27)15-23-13-3-4-14-23/h5-12H,2-4,13-15H2,1H3. The molecule has 1 aliphatic rings. The second kappa shape index (κ2) is 8.02. The molecule has 0 atom stereocenters. The van der Waals surface area contributed by atoms with E-state index >= 15 is 0 Å². The predicted molar refractivity (Wildman–Crippen MR) is 108 cm³/mol. The van der Waals surface area contributed by atoms with Crippen molar-refractivity contribution in [2.45, 2.75) is 26.4 Å². The van der Waals surface area contributed by atoms with Gasteiger partial charge in [0.15, 0.2) is 5.82 Å². The van der Waals surface area contributed by atoms with Crippen LogP contribution in [0, 0.1) is 4.77 Å². The number of pyridine rings is 1. The Kier molecular flexibility index (Phi) is 5.31. The van der Waals surface area contributed by atoms with Gasteiger partial charge in [-0.1, -0.05) is 0 Å². The van der Waals surface area contributed by atoms with Crippen molar-refractivity contribution in [3.05, 3.63) is 53.6 Å². The van der Waals surface area contributed by atoms with Gasteiger partial charge in [0.05, 0.1) is 19.0 Å². The lowest BCUT2D eigenvalue weighted by Gasteiger charge is -2.13. The van der Waals surface area contributed by atoms with E-state index in [1.54, 1.807) is 12.4 Å². The highest BCUT2D eigenvalue weighted by Gasteiger charge is 2.18. The number of aromatic nitrogens is 4. The van der Waals surface area contributed by atoms with Gasteiger partial charge in [-0.25, -0.2) is 4.68 Å². The van der Waals surface area contributed by atoms with Crippen molar-refractivity contribution in [2.75, 3.05) is 19.7 Å². The molecule has 0 aliphatic carbocycles. The molecule has 4 rings (SSSR count). The number of ether oxygens (including phenoxy) is 1. The maximum atomic E-state index is 5.80. The maximum absolute atomic E-state index is 5.80. The number of hydrogen-bond acceptors (Lipinski definition) is 5. The number of hydrogen-bond donors (Lipinski definition) is 0. The molecule has 3 aromatic rings. The van der Waals surface area contributed by atoms with Gasteiger partial charge in [-0.15, -0.1) is 5.10 Å². The molecule has 0 bridgehead atoms. The van der Waals surface area contributed by atoms with Crippen molar-refractivity contribution in [3.8, 4) is 22.8 Å². The van der Waals surface area contributed by atoms with Gasteiger partial charge in [0.1, 0.15) is 5.75 Å². The average molecular weight is 382 g/mol. The van der Waals surface area contributed by atoms with Crippen LogP contribution in [0.15, 0.2) is 48.8 Å². The summed E-state index contributed by atoms with van der Waals surface area (Å²) in [7, 11) is 0. The van der Waals surface area contributed by atoms with Crippen LogP contribution in [0.2, 0.25) is 0 Å². The van der Waals surface area contributed by atoms with Gasteiger partial charge < -0.3 is 4.74 Å². The molecule has 1 aromatic carbocycles. The highest BCUT2D eigenvalue weighted by atomic mass is 32.1. The lowest BCUT2D eigenvalue weighted by Crippen LogP contribution is -2.23. The summed E-state index contributed by atoms with van der Waals surface area (Å²) in [6, 6.07) is 11.9. The van der Waals surface area contributed by atoms with Gasteiger partial charge in [0.2, 0.25) is 4.77 Å². The first kappa shape index (κ1) is 17.9. The van der Waals surface area contributed by atoms with Gasteiger partial charge in [0.25, 0.3) is 0 Å². The Morgan fingerprint density at radius 1 is 1.04 bits per heavy atom. The van der Waals surface area contributed by atoms with Gasteiger partial charge in [-0.3, -0.25) is 14.5 Å². The fourth-order valence-electron chi connectivity index (χ4n) is 3.39. The first-order valence-electron chi connectivity index (χ1n) is 9.32. The van der Waals surface area contributed by atoms with Gasteiger partial charge in [0, 0.05) is 18.0 Å². The van der Waals surface area contributed by atoms with E-state index in [4.69, 9.17) is 22.1 Å². The molecule has 27 heavy (non-hydrogen) atoms. The number of rotatable bonds is 6. The second-order valence-corrected chi connectivity index (χ2v) is 6.94. The molecule has 1 fully saturated rings. The molecule has 1 aliphatic heterocycles. The quantitative estimate of drug-likeness (QED) is 0.606. The first-order chi connectivity index (χ1) is 13.3. The summed E-state index contributed by atoms with van der Waals surface area (Å²) in [5, 5.41) is 4.85. The van der Waals surface area contributed by atoms with Crippen LogP contribution in [0.25, 0.3) is 17.1 Å². The third-order valence-corrected chi connectivity index (χ3v) is 5.11. The Morgan fingerprint density at radius 2 is 1.74 bits per heavy atom. The molecule has 140 valence electrons. The summed E-state index contributed by atoms with van der Waals surface area (Å²) >= 11 is 5.80. The lowest BCUT2D eigenvalue weighted by molar-refractivity contribution is 0.253. The predicted octanol–water partition coefficient (Wildman–Crippen LogP) is 3.92. The summed E-state index contributed by atoms with van der Waals surface area (Å²) in [6.45, 7) is 5.55. The first-order valence-corrected chi connectivity index (χ1v) is 9.73. The minimum atomic E-state index is 0.648. The molecule has 0 spiro atoms. The van der Waals surface area contributed by atoms with Crippen LogP contribution in [-0.4, -0.2) is 43.9 Å². The SMILES string of the molecule is CCOc1ccc(-n2c(-c3ccncc3)nn(CN3CCCC3)c2=S)cc1. The summed E-state index contributed by atoms with van der Waals surface area (Å²) in [5.41, 5.74) is 1.97. The molecule has 6 nitrogen and oxygen atoms in total. The van der Waals surface area contributed by atoms with Gasteiger partial charge >= 0.3 is 0 Å². The van der Waals surface area contributed by atoms with Crippen LogP contribution in [-0.2, 0) is 6.67 Å². The second-order valence-electron chi connectivity index (χ2n) is 6.57. The van der Waals surface area contributed by atoms with Crippen LogP contribution < -0.4 is 4.74 Å². The minimum absolute atomic E-state index is 0.648. The van der Waals surface area contributed by atoms with Crippen LogP contribution in [0.4, 0.5) is 0 Å². The van der Waals surface area contributed by atoms with E-state index in [1.807, 2.05) is 52.6 Å². The largest absolute Gasteiger partial charge is 0.494 e. The lowest BCUT2D eigenvalue weighted by atomic mass is 10.2. The van der Waals surface area contributed by atoms with E-state index in [9.17, 15) is 0 Å². The van der Waals surface area contributed by atoms with Crippen LogP contribution in [0.5, 0.6) is 5.75 Å². The van der Waals surface area contributed by atoms with E-state index in [0.29, 0.717) is 11.4 Å².